The van der Waals surface area contributed by atoms with E-state index in [1.165, 1.54) is 0 Å². The Hall–Kier alpha value is -1.63. The Balaban J connectivity index is 2.33. The van der Waals surface area contributed by atoms with Gasteiger partial charge in [-0.1, -0.05) is 12.1 Å². The molecule has 0 aliphatic rings. The second kappa shape index (κ2) is 7.40. The average molecular weight is 352 g/mol. The van der Waals surface area contributed by atoms with Crippen molar-refractivity contribution >= 4 is 15.9 Å². The molecular weight excluding hydrogens is 334 g/mol. The van der Waals surface area contributed by atoms with Gasteiger partial charge in [0.25, 0.3) is 0 Å². The number of hydrogen-bond donors (Lipinski definition) is 2. The van der Waals surface area contributed by atoms with Gasteiger partial charge in [-0.15, -0.1) is 0 Å². The first-order valence-corrected chi connectivity index (χ1v) is 7.25. The van der Waals surface area contributed by atoms with Crippen LogP contribution in [0.2, 0.25) is 0 Å². The third-order valence-corrected chi connectivity index (χ3v) is 3.65. The number of pyridine rings is 1. The highest BCUT2D eigenvalue weighted by atomic mass is 79.9. The lowest BCUT2D eigenvalue weighted by atomic mass is 9.99. The molecule has 2 rings (SSSR count). The monoisotopic (exact) mass is 351 g/mol. The van der Waals surface area contributed by atoms with Gasteiger partial charge in [-0.3, -0.25) is 16.3 Å². The third-order valence-electron chi connectivity index (χ3n) is 3.21. The van der Waals surface area contributed by atoms with Crippen molar-refractivity contribution in [3.8, 4) is 11.5 Å². The Kier molecular flexibility index (Phi) is 5.55. The SMILES string of the molecule is COc1cccc(C(Cc2cncc(Br)c2)NN)c1OC. The largest absolute Gasteiger partial charge is 0.493 e. The second-order valence-corrected chi connectivity index (χ2v) is 5.43. The summed E-state index contributed by atoms with van der Waals surface area (Å²) in [6, 6.07) is 7.66. The Morgan fingerprint density at radius 2 is 2.10 bits per heavy atom. The molecule has 2 aromatic rings. The molecule has 0 fully saturated rings. The number of aromatic nitrogens is 1. The zero-order valence-electron chi connectivity index (χ0n) is 12.0. The normalized spacial score (nSPS) is 12.0. The fourth-order valence-corrected chi connectivity index (χ4v) is 2.66. The molecule has 0 aliphatic heterocycles. The van der Waals surface area contributed by atoms with Gasteiger partial charge in [0.15, 0.2) is 11.5 Å². The second-order valence-electron chi connectivity index (χ2n) is 4.52. The number of para-hydroxylation sites is 1. The van der Waals surface area contributed by atoms with E-state index in [0.717, 1.165) is 15.6 Å². The maximum absolute atomic E-state index is 5.73. The number of methoxy groups -OCH3 is 2. The van der Waals surface area contributed by atoms with Gasteiger partial charge in [-0.25, -0.2) is 0 Å². The van der Waals surface area contributed by atoms with Gasteiger partial charge in [0.05, 0.1) is 20.3 Å². The van der Waals surface area contributed by atoms with Crippen LogP contribution in [0.5, 0.6) is 11.5 Å². The van der Waals surface area contributed by atoms with Crippen LogP contribution in [-0.2, 0) is 6.42 Å². The van der Waals surface area contributed by atoms with E-state index in [4.69, 9.17) is 15.3 Å². The number of benzene rings is 1. The maximum atomic E-state index is 5.73. The van der Waals surface area contributed by atoms with E-state index in [0.29, 0.717) is 17.9 Å². The van der Waals surface area contributed by atoms with Crippen LogP contribution >= 0.6 is 15.9 Å². The number of nitrogens with one attached hydrogen (secondary N) is 1. The predicted octanol–water partition coefficient (Wildman–Crippen LogP) is 2.61. The van der Waals surface area contributed by atoms with Gasteiger partial charge in [-0.05, 0) is 40.0 Å². The van der Waals surface area contributed by atoms with Crippen LogP contribution < -0.4 is 20.7 Å². The van der Waals surface area contributed by atoms with Crippen LogP contribution in [0.4, 0.5) is 0 Å². The molecule has 21 heavy (non-hydrogen) atoms. The maximum Gasteiger partial charge on any atom is 0.165 e. The molecule has 0 amide bonds. The summed E-state index contributed by atoms with van der Waals surface area (Å²) in [7, 11) is 3.24. The van der Waals surface area contributed by atoms with Crippen LogP contribution in [0, 0.1) is 0 Å². The number of ether oxygens (including phenoxy) is 2. The van der Waals surface area contributed by atoms with E-state index in [-0.39, 0.29) is 6.04 Å². The summed E-state index contributed by atoms with van der Waals surface area (Å²) in [5.74, 6) is 7.10. The van der Waals surface area contributed by atoms with E-state index in [2.05, 4.69) is 26.3 Å². The lowest BCUT2D eigenvalue weighted by Gasteiger charge is -2.20. The van der Waals surface area contributed by atoms with Crippen molar-refractivity contribution in [3.05, 3.63) is 52.3 Å². The Labute approximate surface area is 132 Å². The minimum Gasteiger partial charge on any atom is -0.493 e. The van der Waals surface area contributed by atoms with Crippen LogP contribution in [0.1, 0.15) is 17.2 Å². The minimum atomic E-state index is -0.105. The van der Waals surface area contributed by atoms with Gasteiger partial charge in [-0.2, -0.15) is 0 Å². The van der Waals surface area contributed by atoms with E-state index < -0.39 is 0 Å². The molecule has 1 atom stereocenters. The summed E-state index contributed by atoms with van der Waals surface area (Å²) in [5, 5.41) is 0. The first-order chi connectivity index (χ1) is 10.2. The summed E-state index contributed by atoms with van der Waals surface area (Å²) in [6.07, 6.45) is 4.26. The van der Waals surface area contributed by atoms with Crippen molar-refractivity contribution < 1.29 is 9.47 Å². The molecule has 1 heterocycles. The Bertz CT molecular complexity index is 607. The van der Waals surface area contributed by atoms with Gasteiger partial charge >= 0.3 is 0 Å². The van der Waals surface area contributed by atoms with Gasteiger partial charge in [0.2, 0.25) is 0 Å². The van der Waals surface area contributed by atoms with Crippen LogP contribution in [0.15, 0.2) is 41.1 Å². The van der Waals surface area contributed by atoms with Crippen LogP contribution in [0.25, 0.3) is 0 Å². The predicted molar refractivity (Wildman–Crippen MR) is 85.3 cm³/mol. The molecule has 0 radical (unpaired) electrons. The lowest BCUT2D eigenvalue weighted by molar-refractivity contribution is 0.346. The Morgan fingerprint density at radius 1 is 1.29 bits per heavy atom. The summed E-state index contributed by atoms with van der Waals surface area (Å²) in [6.45, 7) is 0. The van der Waals surface area contributed by atoms with Crippen molar-refractivity contribution in [1.29, 1.82) is 0 Å². The molecule has 6 heteroatoms. The number of nitrogens with two attached hydrogens (primary N) is 1. The number of hydrogen-bond acceptors (Lipinski definition) is 5. The molecule has 0 aliphatic carbocycles. The lowest BCUT2D eigenvalue weighted by Crippen LogP contribution is -2.30. The molecule has 3 N–H and O–H groups in total. The summed E-state index contributed by atoms with van der Waals surface area (Å²) in [5.41, 5.74) is 4.84. The van der Waals surface area contributed by atoms with E-state index >= 15 is 0 Å². The third kappa shape index (κ3) is 3.72. The molecule has 5 nitrogen and oxygen atoms in total. The molecule has 0 bridgehead atoms. The Morgan fingerprint density at radius 3 is 2.71 bits per heavy atom. The first-order valence-electron chi connectivity index (χ1n) is 6.46. The fraction of sp³-hybridized carbons (Fsp3) is 0.267. The molecule has 0 saturated heterocycles. The number of halogens is 1. The smallest absolute Gasteiger partial charge is 0.165 e. The summed E-state index contributed by atoms with van der Waals surface area (Å²) >= 11 is 3.42. The highest BCUT2D eigenvalue weighted by Crippen LogP contribution is 2.35. The van der Waals surface area contributed by atoms with Crippen LogP contribution in [0.3, 0.4) is 0 Å². The highest BCUT2D eigenvalue weighted by molar-refractivity contribution is 9.10. The van der Waals surface area contributed by atoms with E-state index in [9.17, 15) is 0 Å². The molecule has 0 saturated carbocycles. The molecule has 1 unspecified atom stereocenters. The molecule has 112 valence electrons. The number of hydrazine groups is 1. The van der Waals surface area contributed by atoms with Crippen molar-refractivity contribution in [2.45, 2.75) is 12.5 Å². The molecule has 1 aromatic carbocycles. The summed E-state index contributed by atoms with van der Waals surface area (Å²) in [4.78, 5) is 4.17. The van der Waals surface area contributed by atoms with Crippen molar-refractivity contribution in [3.63, 3.8) is 0 Å². The van der Waals surface area contributed by atoms with E-state index in [1.54, 1.807) is 20.4 Å². The standard InChI is InChI=1S/C15H18BrN3O2/c1-20-14-5-3-4-12(15(14)21-2)13(19-17)7-10-6-11(16)9-18-8-10/h3-6,8-9,13,19H,7,17H2,1-2H3. The average Bonchev–Trinajstić information content (AvgIpc) is 2.51. The van der Waals surface area contributed by atoms with Crippen molar-refractivity contribution in [1.82, 2.24) is 10.4 Å². The molecule has 1 aromatic heterocycles. The molecule has 0 spiro atoms. The van der Waals surface area contributed by atoms with Crippen LogP contribution in [-0.4, -0.2) is 19.2 Å². The fourth-order valence-electron chi connectivity index (χ4n) is 2.25. The van der Waals surface area contributed by atoms with Gasteiger partial charge in [0.1, 0.15) is 0 Å². The van der Waals surface area contributed by atoms with E-state index in [1.807, 2.05) is 30.5 Å². The minimum absolute atomic E-state index is 0.105. The quantitative estimate of drug-likeness (QED) is 0.618. The van der Waals surface area contributed by atoms with Crippen molar-refractivity contribution in [2.24, 2.45) is 5.84 Å². The summed E-state index contributed by atoms with van der Waals surface area (Å²) < 4.78 is 11.7. The number of rotatable bonds is 6. The highest BCUT2D eigenvalue weighted by Gasteiger charge is 2.18. The first kappa shape index (κ1) is 15.8. The topological polar surface area (TPSA) is 69.4 Å². The molecular formula is C15H18BrN3O2. The van der Waals surface area contributed by atoms with Gasteiger partial charge in [0, 0.05) is 22.4 Å². The number of nitrogens with zero attached hydrogens (tertiary/aromatic N) is 1. The van der Waals surface area contributed by atoms with Gasteiger partial charge < -0.3 is 9.47 Å². The zero-order chi connectivity index (χ0) is 15.2. The zero-order valence-corrected chi connectivity index (χ0v) is 13.6. The van der Waals surface area contributed by atoms with Crippen molar-refractivity contribution in [2.75, 3.05) is 14.2 Å².